The van der Waals surface area contributed by atoms with E-state index in [1.807, 2.05) is 11.1 Å². The molecule has 3 aromatic rings. The van der Waals surface area contributed by atoms with Gasteiger partial charge in [-0.1, -0.05) is 6.07 Å². The fraction of sp³-hybridized carbons (Fsp3) is 0.357. The number of aromatic nitrogens is 2. The van der Waals surface area contributed by atoms with E-state index in [0.717, 1.165) is 37.3 Å². The van der Waals surface area contributed by atoms with Gasteiger partial charge in [-0.05, 0) is 81.1 Å². The minimum absolute atomic E-state index is 0.0270. The second-order valence-corrected chi connectivity index (χ2v) is 10.3. The Morgan fingerprint density at radius 2 is 1.82 bits per heavy atom. The van der Waals surface area contributed by atoms with Crippen molar-refractivity contribution in [3.63, 3.8) is 0 Å². The summed E-state index contributed by atoms with van der Waals surface area (Å²) in [5.74, 6) is 5.93. The summed E-state index contributed by atoms with van der Waals surface area (Å²) < 4.78 is 0. The molecule has 1 amide bonds. The van der Waals surface area contributed by atoms with Gasteiger partial charge in [-0.15, -0.1) is 0 Å². The lowest BCUT2D eigenvalue weighted by Gasteiger charge is -2.41. The standard InChI is InChI=1S/C28H33N9O/c1-17-10-18(2)12-23(11-17)32-28-31-14-22-15-36(16-25(22)33-28)24-8-9-37(19(3)13-24)27(38)21-6-4-20(5-7-21)26(29)34-35-30/h4-7,10-12,14,19,24H,8-9,13,15-16H2,1-3H3,(H3,29,30,34)(H,31,32,33)/p+1/t19-,24-/m1/s1. The molecule has 38 heavy (non-hydrogen) atoms. The Morgan fingerprint density at radius 3 is 2.50 bits per heavy atom. The van der Waals surface area contributed by atoms with Gasteiger partial charge in [0.05, 0.1) is 16.4 Å². The summed E-state index contributed by atoms with van der Waals surface area (Å²) in [5, 5.41) is 16.0. The number of nitrogens with one attached hydrogen (secondary N) is 1. The Kier molecular flexibility index (Phi) is 7.15. The quantitative estimate of drug-likeness (QED) is 0.158. The van der Waals surface area contributed by atoms with Crippen LogP contribution in [0.15, 0.2) is 59.0 Å². The number of hydrogen-bond donors (Lipinski definition) is 3. The molecule has 10 nitrogen and oxygen atoms in total. The van der Waals surface area contributed by atoms with Gasteiger partial charge in [0.2, 0.25) is 5.95 Å². The van der Waals surface area contributed by atoms with Gasteiger partial charge in [-0.3, -0.25) is 20.9 Å². The molecule has 0 spiro atoms. The highest BCUT2D eigenvalue weighted by Crippen LogP contribution is 2.31. The van der Waals surface area contributed by atoms with Crippen molar-refractivity contribution in [2.45, 2.75) is 58.8 Å². The number of carbonyl (C=O) groups excluding carboxylic acids is 1. The van der Waals surface area contributed by atoms with Crippen LogP contribution in [0.5, 0.6) is 0 Å². The third kappa shape index (κ3) is 5.40. The number of likely N-dealkylation sites (tertiary alicyclic amines) is 1. The fourth-order valence-corrected chi connectivity index (χ4v) is 5.52. The molecular formula is C28H34N9O+. The molecule has 2 aliphatic heterocycles. The van der Waals surface area contributed by atoms with Gasteiger partial charge in [0.25, 0.3) is 5.91 Å². The Bertz CT molecular complexity index is 1370. The summed E-state index contributed by atoms with van der Waals surface area (Å²) in [4.78, 5) is 27.1. The molecule has 0 bridgehead atoms. The highest BCUT2D eigenvalue weighted by Gasteiger charge is 2.35. The largest absolute Gasteiger partial charge is 0.350 e. The Morgan fingerprint density at radius 1 is 1.11 bits per heavy atom. The van der Waals surface area contributed by atoms with Gasteiger partial charge in [0.15, 0.2) is 0 Å². The molecule has 2 atom stereocenters. The maximum Gasteiger partial charge on any atom is 0.350 e. The molecule has 1 aromatic heterocycles. The molecule has 5 rings (SSSR count). The Labute approximate surface area is 222 Å². The molecule has 196 valence electrons. The number of fused-ring (bicyclic) bond motifs is 1. The van der Waals surface area contributed by atoms with E-state index in [-0.39, 0.29) is 17.8 Å². The number of nitrogens with two attached hydrogens (primary N) is 2. The van der Waals surface area contributed by atoms with Crippen LogP contribution in [0.3, 0.4) is 0 Å². The average Bonchev–Trinajstić information content (AvgIpc) is 3.31. The number of rotatable bonds is 5. The third-order valence-electron chi connectivity index (χ3n) is 7.38. The second-order valence-electron chi connectivity index (χ2n) is 10.3. The van der Waals surface area contributed by atoms with Crippen LogP contribution in [0.4, 0.5) is 11.6 Å². The number of carbonyl (C=O) groups is 1. The summed E-state index contributed by atoms with van der Waals surface area (Å²) in [5.41, 5.74) is 6.95. The smallest absolute Gasteiger partial charge is 0.336 e. The number of nitrogens with zero attached hydrogens (tertiary/aromatic N) is 6. The van der Waals surface area contributed by atoms with Crippen molar-refractivity contribution < 1.29 is 10.2 Å². The van der Waals surface area contributed by atoms with E-state index in [0.29, 0.717) is 29.7 Å². The maximum atomic E-state index is 13.2. The molecule has 1 fully saturated rings. The molecule has 5 N–H and O–H groups in total. The molecule has 3 heterocycles. The highest BCUT2D eigenvalue weighted by atomic mass is 16.2. The first-order chi connectivity index (χ1) is 18.3. The zero-order valence-corrected chi connectivity index (χ0v) is 22.1. The second kappa shape index (κ2) is 10.7. The van der Waals surface area contributed by atoms with Crippen LogP contribution in [-0.2, 0) is 13.1 Å². The van der Waals surface area contributed by atoms with Crippen molar-refractivity contribution >= 4 is 23.4 Å². The number of amidine groups is 1. The van der Waals surface area contributed by atoms with Crippen molar-refractivity contribution in [1.82, 2.24) is 19.8 Å². The average molecular weight is 513 g/mol. The highest BCUT2D eigenvalue weighted by molar-refractivity contribution is 5.98. The van der Waals surface area contributed by atoms with Crippen molar-refractivity contribution in [2.24, 2.45) is 16.2 Å². The van der Waals surface area contributed by atoms with Gasteiger partial charge in [0, 0.05) is 60.0 Å². The van der Waals surface area contributed by atoms with E-state index < -0.39 is 0 Å². The first-order valence-electron chi connectivity index (χ1n) is 12.9. The molecule has 0 saturated carbocycles. The van der Waals surface area contributed by atoms with E-state index in [9.17, 15) is 4.79 Å². The van der Waals surface area contributed by atoms with E-state index in [1.165, 1.54) is 16.7 Å². The molecule has 0 unspecified atom stereocenters. The van der Waals surface area contributed by atoms with Crippen molar-refractivity contribution in [3.05, 3.63) is 82.2 Å². The minimum atomic E-state index is 0.0270. The van der Waals surface area contributed by atoms with Crippen LogP contribution < -0.4 is 16.6 Å². The lowest BCUT2D eigenvalue weighted by Crippen LogP contribution is -2.50. The van der Waals surface area contributed by atoms with Gasteiger partial charge < -0.3 is 10.2 Å². The zero-order valence-electron chi connectivity index (χ0n) is 22.1. The number of benzene rings is 2. The van der Waals surface area contributed by atoms with Gasteiger partial charge in [-0.2, -0.15) is 0 Å². The van der Waals surface area contributed by atoms with Gasteiger partial charge in [-0.25, -0.2) is 9.97 Å². The maximum absolute atomic E-state index is 13.2. The molecule has 1 saturated heterocycles. The number of amides is 1. The summed E-state index contributed by atoms with van der Waals surface area (Å²) in [6, 6.07) is 13.9. The number of piperidine rings is 1. The molecule has 0 radical (unpaired) electrons. The number of aryl methyl sites for hydroxylation is 2. The number of hydrogen-bond acceptors (Lipinski definition) is 6. The topological polar surface area (TPSA) is 138 Å². The SMILES string of the molecule is Cc1cc(C)cc(Nc2ncc3c(n2)CN([C@@H]2CCN(C(=O)c4ccc(C(=[NH2+])N=NN)cc4)[C@H](C)C2)C3)c1. The molecule has 2 aromatic carbocycles. The Balaban J connectivity index is 1.20. The predicted octanol–water partition coefficient (Wildman–Crippen LogP) is 2.68. The van der Waals surface area contributed by atoms with E-state index >= 15 is 0 Å². The number of anilines is 2. The van der Waals surface area contributed by atoms with Crippen LogP contribution in [-0.4, -0.2) is 50.1 Å². The van der Waals surface area contributed by atoms with Crippen LogP contribution in [0.25, 0.3) is 0 Å². The molecule has 2 aliphatic rings. The first kappa shape index (κ1) is 25.5. The summed E-state index contributed by atoms with van der Waals surface area (Å²) >= 11 is 0. The summed E-state index contributed by atoms with van der Waals surface area (Å²) in [6.45, 7) is 8.64. The van der Waals surface area contributed by atoms with Crippen LogP contribution in [0.1, 0.15) is 58.1 Å². The van der Waals surface area contributed by atoms with Crippen LogP contribution >= 0.6 is 0 Å². The van der Waals surface area contributed by atoms with E-state index in [1.54, 1.807) is 24.3 Å². The third-order valence-corrected chi connectivity index (χ3v) is 7.38. The first-order valence-corrected chi connectivity index (χ1v) is 12.9. The van der Waals surface area contributed by atoms with Crippen LogP contribution in [0.2, 0.25) is 0 Å². The minimum Gasteiger partial charge on any atom is -0.336 e. The zero-order chi connectivity index (χ0) is 26.8. The van der Waals surface area contributed by atoms with E-state index in [4.69, 9.17) is 16.2 Å². The fourth-order valence-electron chi connectivity index (χ4n) is 5.52. The predicted molar refractivity (Wildman–Crippen MR) is 146 cm³/mol. The molecule has 0 aliphatic carbocycles. The van der Waals surface area contributed by atoms with Gasteiger partial charge in [0.1, 0.15) is 0 Å². The lowest BCUT2D eigenvalue weighted by atomic mass is 9.96. The molecule has 10 heteroatoms. The van der Waals surface area contributed by atoms with Crippen molar-refractivity contribution in [2.75, 3.05) is 11.9 Å². The Hall–Kier alpha value is -4.18. The van der Waals surface area contributed by atoms with Crippen molar-refractivity contribution in [3.8, 4) is 0 Å². The van der Waals surface area contributed by atoms with Crippen molar-refractivity contribution in [1.29, 1.82) is 0 Å². The van der Waals surface area contributed by atoms with Crippen LogP contribution in [0, 0.1) is 13.8 Å². The monoisotopic (exact) mass is 512 g/mol. The summed E-state index contributed by atoms with van der Waals surface area (Å²) in [6.07, 6.45) is 3.77. The molecular weight excluding hydrogens is 478 g/mol. The lowest BCUT2D eigenvalue weighted by molar-refractivity contribution is -0.114. The van der Waals surface area contributed by atoms with E-state index in [2.05, 4.69) is 64.5 Å². The summed E-state index contributed by atoms with van der Waals surface area (Å²) in [7, 11) is 0. The van der Waals surface area contributed by atoms with Gasteiger partial charge >= 0.3 is 5.84 Å². The normalized spacial score (nSPS) is 19.5.